The van der Waals surface area contributed by atoms with E-state index in [-0.39, 0.29) is 29.8 Å². The number of hydrogen-bond acceptors (Lipinski definition) is 5. The lowest BCUT2D eigenvalue weighted by Gasteiger charge is -2.26. The molecule has 0 saturated heterocycles. The Bertz CT molecular complexity index is 1660. The molecule has 1 N–H and O–H groups in total. The lowest BCUT2D eigenvalue weighted by Crippen LogP contribution is -2.42. The maximum Gasteiger partial charge on any atom is 0.260 e. The molecule has 8 nitrogen and oxygen atoms in total. The summed E-state index contributed by atoms with van der Waals surface area (Å²) in [5.41, 5.74) is 0.552. The van der Waals surface area contributed by atoms with Crippen LogP contribution in [0, 0.1) is 0 Å². The molecule has 1 aliphatic heterocycles. The Kier molecular flexibility index (Phi) is 7.51. The Morgan fingerprint density at radius 2 is 1.72 bits per heavy atom. The number of aromatic nitrogens is 2. The average molecular weight is 650 g/mol. The first kappa shape index (κ1) is 27.7. The van der Waals surface area contributed by atoms with Gasteiger partial charge in [0.2, 0.25) is 5.95 Å². The molecule has 0 saturated carbocycles. The smallest absolute Gasteiger partial charge is 0.260 e. The van der Waals surface area contributed by atoms with Crippen molar-refractivity contribution < 1.29 is 17.9 Å². The molecule has 1 atom stereocenters. The number of nitrogens with one attached hydrogen (secondary N) is 1. The van der Waals surface area contributed by atoms with E-state index in [1.807, 2.05) is 24.3 Å². The number of fused-ring (bicyclic) bond motifs is 1. The Morgan fingerprint density at radius 1 is 1.05 bits per heavy atom. The summed E-state index contributed by atoms with van der Waals surface area (Å²) in [4.78, 5) is 19.9. The van der Waals surface area contributed by atoms with Gasteiger partial charge in [-0.25, -0.2) is 23.0 Å². The summed E-state index contributed by atoms with van der Waals surface area (Å²) in [6, 6.07) is 19.4. The average Bonchev–Trinajstić information content (AvgIpc) is 3.42. The third kappa shape index (κ3) is 5.19. The maximum atomic E-state index is 14.1. The number of ether oxygens (including phenoxy) is 1. The van der Waals surface area contributed by atoms with Crippen LogP contribution >= 0.6 is 39.1 Å². The van der Waals surface area contributed by atoms with Crippen LogP contribution in [0.1, 0.15) is 18.1 Å². The number of benzene rings is 3. The van der Waals surface area contributed by atoms with Crippen molar-refractivity contribution in [2.75, 3.05) is 12.0 Å². The van der Waals surface area contributed by atoms with Crippen molar-refractivity contribution in [3.05, 3.63) is 98.6 Å². The van der Waals surface area contributed by atoms with E-state index in [0.29, 0.717) is 27.0 Å². The molecule has 4 aromatic rings. The van der Waals surface area contributed by atoms with Crippen LogP contribution in [-0.2, 0) is 33.3 Å². The standard InChI is InChI=1S/C27H23BrCl2N4O4S/c1-27(14-17-7-9-19(28)10-8-17)25(35)33(22-12-20(29)11-21(30)13-22)26-31-16-24(34(26)27)39(36,37)32-15-18-5-3-4-6-23(18)38-2/h3-13,16,32H,14-15H2,1-2H3. The Labute approximate surface area is 244 Å². The molecule has 1 amide bonds. The van der Waals surface area contributed by atoms with E-state index in [1.165, 1.54) is 22.8 Å². The van der Waals surface area contributed by atoms with Crippen molar-refractivity contribution in [2.45, 2.75) is 30.5 Å². The summed E-state index contributed by atoms with van der Waals surface area (Å²) in [7, 11) is -2.60. The quantitative estimate of drug-likeness (QED) is 0.250. The highest BCUT2D eigenvalue weighted by atomic mass is 79.9. The van der Waals surface area contributed by atoms with Gasteiger partial charge in [-0.1, -0.05) is 69.5 Å². The van der Waals surface area contributed by atoms with Gasteiger partial charge in [-0.15, -0.1) is 0 Å². The number of anilines is 2. The molecular formula is C27H23BrCl2N4O4S. The van der Waals surface area contributed by atoms with Crippen LogP contribution in [0.5, 0.6) is 5.75 Å². The number of nitrogens with zero attached hydrogens (tertiary/aromatic N) is 3. The van der Waals surface area contributed by atoms with Crippen LogP contribution < -0.4 is 14.4 Å². The highest BCUT2D eigenvalue weighted by molar-refractivity contribution is 9.10. The van der Waals surface area contributed by atoms with Gasteiger partial charge in [0.05, 0.1) is 19.0 Å². The van der Waals surface area contributed by atoms with Crippen LogP contribution in [0.4, 0.5) is 11.6 Å². The fourth-order valence-corrected chi connectivity index (χ4v) is 6.70. The molecule has 202 valence electrons. The summed E-state index contributed by atoms with van der Waals surface area (Å²) in [6.07, 6.45) is 1.47. The Hall–Kier alpha value is -2.89. The molecule has 1 aromatic heterocycles. The second kappa shape index (κ2) is 10.6. The summed E-state index contributed by atoms with van der Waals surface area (Å²) >= 11 is 15.9. The SMILES string of the molecule is COc1ccccc1CNS(=O)(=O)c1cnc2n1C(C)(Cc1ccc(Br)cc1)C(=O)N2c1cc(Cl)cc(Cl)c1. The number of rotatable bonds is 8. The van der Waals surface area contributed by atoms with Gasteiger partial charge in [0.1, 0.15) is 11.3 Å². The second-order valence-electron chi connectivity index (χ2n) is 9.21. The molecule has 0 radical (unpaired) electrons. The van der Waals surface area contributed by atoms with E-state index in [0.717, 1.165) is 10.0 Å². The Morgan fingerprint density at radius 3 is 2.38 bits per heavy atom. The number of hydrogen-bond donors (Lipinski definition) is 1. The van der Waals surface area contributed by atoms with Crippen LogP contribution in [-0.4, -0.2) is 31.0 Å². The van der Waals surface area contributed by atoms with E-state index in [4.69, 9.17) is 27.9 Å². The summed E-state index contributed by atoms with van der Waals surface area (Å²) in [5.74, 6) is 0.335. The van der Waals surface area contributed by atoms with Crippen molar-refractivity contribution in [3.8, 4) is 5.75 Å². The highest BCUT2D eigenvalue weighted by Crippen LogP contribution is 2.44. The van der Waals surface area contributed by atoms with Gasteiger partial charge in [0, 0.05) is 33.0 Å². The van der Waals surface area contributed by atoms with Crippen LogP contribution in [0.25, 0.3) is 0 Å². The monoisotopic (exact) mass is 648 g/mol. The second-order valence-corrected chi connectivity index (χ2v) is 12.7. The summed E-state index contributed by atoms with van der Waals surface area (Å²) in [5, 5.41) is 0.517. The predicted molar refractivity (Wildman–Crippen MR) is 154 cm³/mol. The summed E-state index contributed by atoms with van der Waals surface area (Å²) in [6.45, 7) is 1.69. The molecule has 3 aromatic carbocycles. The third-order valence-electron chi connectivity index (χ3n) is 6.56. The number of amides is 1. The molecular weight excluding hydrogens is 627 g/mol. The zero-order valence-electron chi connectivity index (χ0n) is 20.9. The number of halogens is 3. The maximum absolute atomic E-state index is 14.1. The van der Waals surface area contributed by atoms with Gasteiger partial charge in [-0.05, 0) is 48.9 Å². The molecule has 2 heterocycles. The van der Waals surface area contributed by atoms with Crippen LogP contribution in [0.3, 0.4) is 0 Å². The van der Waals surface area contributed by atoms with E-state index in [1.54, 1.807) is 49.4 Å². The van der Waals surface area contributed by atoms with Gasteiger partial charge in [-0.2, -0.15) is 0 Å². The largest absolute Gasteiger partial charge is 0.496 e. The van der Waals surface area contributed by atoms with E-state index in [2.05, 4.69) is 25.6 Å². The fraction of sp³-hybridized carbons (Fsp3) is 0.185. The molecule has 1 unspecified atom stereocenters. The number of carbonyl (C=O) groups excluding carboxylic acids is 1. The molecule has 39 heavy (non-hydrogen) atoms. The van der Waals surface area contributed by atoms with Crippen LogP contribution in [0.15, 0.2) is 82.4 Å². The Balaban J connectivity index is 1.61. The minimum absolute atomic E-state index is 0.0160. The summed E-state index contributed by atoms with van der Waals surface area (Å²) < 4.78 is 37.7. The van der Waals surface area contributed by atoms with Crippen LogP contribution in [0.2, 0.25) is 10.0 Å². The molecule has 0 fully saturated rings. The third-order valence-corrected chi connectivity index (χ3v) is 8.88. The highest BCUT2D eigenvalue weighted by Gasteiger charge is 2.51. The minimum atomic E-state index is -4.12. The fourth-order valence-electron chi connectivity index (χ4n) is 4.72. The number of methoxy groups -OCH3 is 1. The van der Waals surface area contributed by atoms with Gasteiger partial charge in [-0.3, -0.25) is 9.36 Å². The number of para-hydroxylation sites is 1. The lowest BCUT2D eigenvalue weighted by molar-refractivity contribution is -0.124. The van der Waals surface area contributed by atoms with Crippen molar-refractivity contribution in [1.29, 1.82) is 0 Å². The number of carbonyl (C=O) groups is 1. The number of sulfonamides is 1. The predicted octanol–water partition coefficient (Wildman–Crippen LogP) is 6.08. The topological polar surface area (TPSA) is 93.5 Å². The van der Waals surface area contributed by atoms with Gasteiger partial charge in [0.25, 0.3) is 15.9 Å². The first-order valence-corrected chi connectivity index (χ1v) is 14.8. The molecule has 0 bridgehead atoms. The number of imidazole rings is 1. The molecule has 1 aliphatic rings. The van der Waals surface area contributed by atoms with Gasteiger partial charge >= 0.3 is 0 Å². The molecule has 0 aliphatic carbocycles. The van der Waals surface area contributed by atoms with E-state index >= 15 is 0 Å². The van der Waals surface area contributed by atoms with Gasteiger partial charge < -0.3 is 4.74 Å². The lowest BCUT2D eigenvalue weighted by atomic mass is 9.92. The molecule has 5 rings (SSSR count). The normalized spacial score (nSPS) is 16.9. The first-order valence-electron chi connectivity index (χ1n) is 11.8. The molecule has 12 heteroatoms. The minimum Gasteiger partial charge on any atom is -0.496 e. The van der Waals surface area contributed by atoms with Crippen molar-refractivity contribution in [1.82, 2.24) is 14.3 Å². The molecule has 0 spiro atoms. The van der Waals surface area contributed by atoms with Gasteiger partial charge in [0.15, 0.2) is 5.03 Å². The van der Waals surface area contributed by atoms with E-state index < -0.39 is 15.6 Å². The first-order chi connectivity index (χ1) is 18.5. The van der Waals surface area contributed by atoms with Crippen molar-refractivity contribution in [2.24, 2.45) is 0 Å². The van der Waals surface area contributed by atoms with E-state index in [9.17, 15) is 13.2 Å². The zero-order chi connectivity index (χ0) is 27.9. The van der Waals surface area contributed by atoms with Crippen molar-refractivity contribution in [3.63, 3.8) is 0 Å². The zero-order valence-corrected chi connectivity index (χ0v) is 24.8. The van der Waals surface area contributed by atoms with Crippen molar-refractivity contribution >= 4 is 66.7 Å².